The van der Waals surface area contributed by atoms with Crippen LogP contribution in [0.1, 0.15) is 17.5 Å². The van der Waals surface area contributed by atoms with Crippen molar-refractivity contribution < 1.29 is 8.42 Å². The third-order valence-electron chi connectivity index (χ3n) is 3.98. The molecule has 0 amide bonds. The lowest BCUT2D eigenvalue weighted by molar-refractivity contribution is 0.346. The van der Waals surface area contributed by atoms with Crippen LogP contribution in [0.5, 0.6) is 0 Å². The van der Waals surface area contributed by atoms with E-state index in [4.69, 9.17) is 28.5 Å². The summed E-state index contributed by atoms with van der Waals surface area (Å²) in [6.07, 6.45) is 0.684. The van der Waals surface area contributed by atoms with Gasteiger partial charge in [-0.15, -0.1) is 0 Å². The largest absolute Gasteiger partial charge is 0.309 e. The zero-order valence-electron chi connectivity index (χ0n) is 15.2. The van der Waals surface area contributed by atoms with Gasteiger partial charge in [-0.25, -0.2) is 8.42 Å². The van der Waals surface area contributed by atoms with E-state index in [1.165, 1.54) is 28.6 Å². The standard InChI is InChI=1S/C19H21Cl2N3O2S/c1-23(2)10-3-11-24(14-16-6-9-18(20)19(21)12-16)27(25,26)17-7-4-15(13-22)5-8-17/h4-9,12H,3,10-11,14H2,1-2H3. The summed E-state index contributed by atoms with van der Waals surface area (Å²) in [5, 5.41) is 9.73. The predicted molar refractivity (Wildman–Crippen MR) is 108 cm³/mol. The average Bonchev–Trinajstić information content (AvgIpc) is 2.63. The Morgan fingerprint density at radius 3 is 2.22 bits per heavy atom. The first-order valence-electron chi connectivity index (χ1n) is 8.33. The van der Waals surface area contributed by atoms with E-state index < -0.39 is 10.0 Å². The first kappa shape index (κ1) is 21.7. The maximum atomic E-state index is 13.1. The zero-order valence-corrected chi connectivity index (χ0v) is 17.5. The Hall–Kier alpha value is -1.62. The minimum atomic E-state index is -3.72. The molecule has 0 aliphatic heterocycles. The van der Waals surface area contributed by atoms with Gasteiger partial charge in [0.05, 0.1) is 26.6 Å². The van der Waals surface area contributed by atoms with E-state index in [2.05, 4.69) is 0 Å². The number of halogens is 2. The van der Waals surface area contributed by atoms with Crippen LogP contribution in [0.2, 0.25) is 10.0 Å². The summed E-state index contributed by atoms with van der Waals surface area (Å²) in [6.45, 7) is 1.31. The number of nitrogens with zero attached hydrogens (tertiary/aromatic N) is 3. The number of hydrogen-bond acceptors (Lipinski definition) is 4. The van der Waals surface area contributed by atoms with Crippen molar-refractivity contribution in [3.63, 3.8) is 0 Å². The minimum absolute atomic E-state index is 0.159. The Morgan fingerprint density at radius 2 is 1.67 bits per heavy atom. The Morgan fingerprint density at radius 1 is 1.00 bits per heavy atom. The summed E-state index contributed by atoms with van der Waals surface area (Å²) in [5.41, 5.74) is 1.17. The summed E-state index contributed by atoms with van der Waals surface area (Å²) in [5.74, 6) is 0. The molecule has 2 aromatic carbocycles. The maximum Gasteiger partial charge on any atom is 0.243 e. The van der Waals surface area contributed by atoms with E-state index in [0.29, 0.717) is 28.6 Å². The maximum absolute atomic E-state index is 13.1. The molecule has 144 valence electrons. The normalized spacial score (nSPS) is 11.7. The van der Waals surface area contributed by atoms with E-state index >= 15 is 0 Å². The molecular weight excluding hydrogens is 405 g/mol. The van der Waals surface area contributed by atoms with Gasteiger partial charge in [-0.05, 0) is 69.0 Å². The summed E-state index contributed by atoms with van der Waals surface area (Å²) in [4.78, 5) is 2.16. The molecule has 0 aliphatic carbocycles. The molecule has 0 atom stereocenters. The van der Waals surface area contributed by atoms with E-state index in [1.807, 2.05) is 25.1 Å². The molecular formula is C19H21Cl2N3O2S. The van der Waals surface area contributed by atoms with Gasteiger partial charge in [-0.2, -0.15) is 9.57 Å². The summed E-state index contributed by atoms with van der Waals surface area (Å²) < 4.78 is 27.7. The van der Waals surface area contributed by atoms with Crippen LogP contribution in [0.15, 0.2) is 47.4 Å². The number of hydrogen-bond donors (Lipinski definition) is 0. The molecule has 0 radical (unpaired) electrons. The van der Waals surface area contributed by atoms with Gasteiger partial charge in [0.2, 0.25) is 10.0 Å². The quantitative estimate of drug-likeness (QED) is 0.640. The van der Waals surface area contributed by atoms with Gasteiger partial charge in [0.1, 0.15) is 0 Å². The van der Waals surface area contributed by atoms with Crippen LogP contribution in [0.25, 0.3) is 0 Å². The van der Waals surface area contributed by atoms with Crippen molar-refractivity contribution >= 4 is 33.2 Å². The zero-order chi connectivity index (χ0) is 20.0. The van der Waals surface area contributed by atoms with Crippen LogP contribution in [0, 0.1) is 11.3 Å². The van der Waals surface area contributed by atoms with E-state index in [0.717, 1.165) is 12.1 Å². The third kappa shape index (κ3) is 5.93. The van der Waals surface area contributed by atoms with Crippen molar-refractivity contribution in [3.8, 4) is 6.07 Å². The van der Waals surface area contributed by atoms with E-state index in [9.17, 15) is 8.42 Å². The summed E-state index contributed by atoms with van der Waals surface area (Å²) in [7, 11) is 0.170. The summed E-state index contributed by atoms with van der Waals surface area (Å²) >= 11 is 12.0. The fourth-order valence-corrected chi connectivity index (χ4v) is 4.33. The molecule has 0 bridgehead atoms. The lowest BCUT2D eigenvalue weighted by atomic mass is 10.2. The molecule has 0 aromatic heterocycles. The second-order valence-electron chi connectivity index (χ2n) is 6.38. The SMILES string of the molecule is CN(C)CCCN(Cc1ccc(Cl)c(Cl)c1)S(=O)(=O)c1ccc(C#N)cc1. The Balaban J connectivity index is 2.31. The van der Waals surface area contributed by atoms with Crippen LogP contribution in [-0.2, 0) is 16.6 Å². The first-order chi connectivity index (χ1) is 12.7. The molecule has 0 aliphatic rings. The van der Waals surface area contributed by atoms with Crippen molar-refractivity contribution in [1.82, 2.24) is 9.21 Å². The first-order valence-corrected chi connectivity index (χ1v) is 10.5. The van der Waals surface area contributed by atoms with Crippen LogP contribution in [0.3, 0.4) is 0 Å². The molecule has 0 N–H and O–H groups in total. The van der Waals surface area contributed by atoms with Crippen LogP contribution < -0.4 is 0 Å². The van der Waals surface area contributed by atoms with Crippen molar-refractivity contribution in [1.29, 1.82) is 5.26 Å². The number of sulfonamides is 1. The van der Waals surface area contributed by atoms with E-state index in [1.54, 1.807) is 18.2 Å². The topological polar surface area (TPSA) is 64.4 Å². The second-order valence-corrected chi connectivity index (χ2v) is 9.13. The highest BCUT2D eigenvalue weighted by Crippen LogP contribution is 2.25. The smallest absolute Gasteiger partial charge is 0.243 e. The number of rotatable bonds is 8. The molecule has 2 aromatic rings. The van der Waals surface area contributed by atoms with Crippen LogP contribution in [-0.4, -0.2) is 44.8 Å². The van der Waals surface area contributed by atoms with Gasteiger partial charge in [0.25, 0.3) is 0 Å². The monoisotopic (exact) mass is 425 g/mol. The van der Waals surface area contributed by atoms with Crippen LogP contribution in [0.4, 0.5) is 0 Å². The molecule has 0 saturated heterocycles. The lowest BCUT2D eigenvalue weighted by Crippen LogP contribution is -2.33. The van der Waals surface area contributed by atoms with Gasteiger partial charge < -0.3 is 4.90 Å². The molecule has 0 unspecified atom stereocenters. The minimum Gasteiger partial charge on any atom is -0.309 e. The molecule has 0 spiro atoms. The average molecular weight is 426 g/mol. The molecule has 5 nitrogen and oxygen atoms in total. The highest BCUT2D eigenvalue weighted by atomic mass is 35.5. The number of benzene rings is 2. The molecule has 2 rings (SSSR count). The van der Waals surface area contributed by atoms with Gasteiger partial charge in [-0.1, -0.05) is 29.3 Å². The van der Waals surface area contributed by atoms with Gasteiger partial charge in [0.15, 0.2) is 0 Å². The van der Waals surface area contributed by atoms with Crippen LogP contribution >= 0.6 is 23.2 Å². The fourth-order valence-electron chi connectivity index (χ4n) is 2.54. The fraction of sp³-hybridized carbons (Fsp3) is 0.316. The molecule has 8 heteroatoms. The Bertz CT molecular complexity index is 923. The Labute approximate surface area is 170 Å². The molecule has 0 heterocycles. The summed E-state index contributed by atoms with van der Waals surface area (Å²) in [6, 6.07) is 13.0. The molecule has 0 saturated carbocycles. The molecule has 0 fully saturated rings. The van der Waals surface area contributed by atoms with Crippen molar-refractivity contribution in [3.05, 3.63) is 63.6 Å². The highest BCUT2D eigenvalue weighted by Gasteiger charge is 2.24. The number of nitriles is 1. The highest BCUT2D eigenvalue weighted by molar-refractivity contribution is 7.89. The van der Waals surface area contributed by atoms with Crippen molar-refractivity contribution in [2.24, 2.45) is 0 Å². The third-order valence-corrected chi connectivity index (χ3v) is 6.58. The Kier molecular flexibility index (Phi) is 7.66. The second kappa shape index (κ2) is 9.54. The van der Waals surface area contributed by atoms with Crippen molar-refractivity contribution in [2.75, 3.05) is 27.2 Å². The van der Waals surface area contributed by atoms with Gasteiger partial charge >= 0.3 is 0 Å². The van der Waals surface area contributed by atoms with Crippen molar-refractivity contribution in [2.45, 2.75) is 17.9 Å². The lowest BCUT2D eigenvalue weighted by Gasteiger charge is -2.23. The van der Waals surface area contributed by atoms with Gasteiger partial charge in [-0.3, -0.25) is 0 Å². The van der Waals surface area contributed by atoms with E-state index in [-0.39, 0.29) is 11.4 Å². The molecule has 27 heavy (non-hydrogen) atoms. The predicted octanol–water partition coefficient (Wildman–Crippen LogP) is 4.01. The van der Waals surface area contributed by atoms with Gasteiger partial charge in [0, 0.05) is 13.1 Å².